The summed E-state index contributed by atoms with van der Waals surface area (Å²) in [6, 6.07) is 18.5. The molecule has 0 aliphatic carbocycles. The fraction of sp³-hybridized carbons (Fsp3) is 0.579. The van der Waals surface area contributed by atoms with Gasteiger partial charge in [-0.15, -0.1) is 0 Å². The summed E-state index contributed by atoms with van der Waals surface area (Å²) >= 11 is 0. The molecule has 2 atom stereocenters. The molecule has 47 heavy (non-hydrogen) atoms. The van der Waals surface area contributed by atoms with Gasteiger partial charge in [0.05, 0.1) is 18.8 Å². The Labute approximate surface area is 281 Å². The maximum atomic E-state index is 13.0. The van der Waals surface area contributed by atoms with Gasteiger partial charge < -0.3 is 23.7 Å². The highest BCUT2D eigenvalue weighted by atomic mass is 16.6. The van der Waals surface area contributed by atoms with Crippen molar-refractivity contribution in [1.82, 2.24) is 0 Å². The van der Waals surface area contributed by atoms with Crippen LogP contribution in [0.3, 0.4) is 0 Å². The topological polar surface area (TPSA) is 114 Å². The molecular formula is C38H56O9. The van der Waals surface area contributed by atoms with Gasteiger partial charge >= 0.3 is 23.9 Å². The lowest BCUT2D eigenvalue weighted by Gasteiger charge is -2.31. The summed E-state index contributed by atoms with van der Waals surface area (Å²) in [5, 5.41) is 0. The number of esters is 4. The summed E-state index contributed by atoms with van der Waals surface area (Å²) < 4.78 is 28.0. The van der Waals surface area contributed by atoms with Crippen LogP contribution in [-0.4, -0.2) is 48.3 Å². The van der Waals surface area contributed by atoms with Crippen LogP contribution >= 0.6 is 0 Å². The first-order valence-corrected chi connectivity index (χ1v) is 16.6. The predicted molar refractivity (Wildman–Crippen MR) is 181 cm³/mol. The standard InChI is InChI=1S/C36H50O9.C2H6/c1-25(2)29(32(38)42-23-27-15-11-9-12-16-27)31(37)41-21-19-35(5,6)44-22-20-36(7,8)45-34(40)30(26(3)4)33(39)43-24-28-17-13-10-14-18-28;1-2/h9-18,25-26,29-30H,19-24H2,1-8H3;1-2H3. The Balaban J connectivity index is 0.00000541. The highest BCUT2D eigenvalue weighted by Crippen LogP contribution is 2.24. The van der Waals surface area contributed by atoms with E-state index in [4.69, 9.17) is 23.7 Å². The zero-order chi connectivity index (χ0) is 35.6. The Kier molecular flexibility index (Phi) is 18.0. The molecule has 2 aromatic rings. The Bertz CT molecular complexity index is 1220. The molecule has 0 aliphatic heterocycles. The highest BCUT2D eigenvalue weighted by Gasteiger charge is 2.37. The number of hydrogen-bond acceptors (Lipinski definition) is 9. The molecule has 0 amide bonds. The molecular weight excluding hydrogens is 600 g/mol. The summed E-state index contributed by atoms with van der Waals surface area (Å²) in [6.07, 6.45) is 0.750. The fourth-order valence-corrected chi connectivity index (χ4v) is 4.44. The van der Waals surface area contributed by atoms with E-state index in [1.165, 1.54) is 0 Å². The SMILES string of the molecule is CC.CC(C)C(C(=O)OCCC(C)(C)OCCC(C)(C)OC(=O)C(C(=O)OCc1ccccc1)C(C)C)C(=O)OCc1ccccc1. The number of hydrogen-bond donors (Lipinski definition) is 0. The van der Waals surface area contributed by atoms with Crippen molar-refractivity contribution >= 4 is 23.9 Å². The highest BCUT2D eigenvalue weighted by molar-refractivity contribution is 5.95. The maximum absolute atomic E-state index is 13.0. The van der Waals surface area contributed by atoms with Gasteiger partial charge in [-0.1, -0.05) is 102 Å². The average molecular weight is 657 g/mol. The second-order valence-electron chi connectivity index (χ2n) is 13.1. The first-order valence-electron chi connectivity index (χ1n) is 16.6. The van der Waals surface area contributed by atoms with Crippen molar-refractivity contribution in [3.63, 3.8) is 0 Å². The zero-order valence-electron chi connectivity index (χ0n) is 30.0. The summed E-state index contributed by atoms with van der Waals surface area (Å²) in [6.45, 7) is 18.8. The molecule has 0 spiro atoms. The number of benzene rings is 2. The minimum absolute atomic E-state index is 0.0561. The van der Waals surface area contributed by atoms with Crippen LogP contribution in [0, 0.1) is 23.7 Å². The van der Waals surface area contributed by atoms with Gasteiger partial charge in [0.25, 0.3) is 0 Å². The lowest BCUT2D eigenvalue weighted by Crippen LogP contribution is -2.39. The Morgan fingerprint density at radius 1 is 0.553 bits per heavy atom. The van der Waals surface area contributed by atoms with Crippen LogP contribution in [0.5, 0.6) is 0 Å². The summed E-state index contributed by atoms with van der Waals surface area (Å²) in [4.78, 5) is 51.3. The molecule has 0 saturated heterocycles. The third-order valence-electron chi connectivity index (χ3n) is 7.32. The van der Waals surface area contributed by atoms with Crippen LogP contribution in [0.25, 0.3) is 0 Å². The average Bonchev–Trinajstić information content (AvgIpc) is 3.00. The third-order valence-corrected chi connectivity index (χ3v) is 7.32. The predicted octanol–water partition coefficient (Wildman–Crippen LogP) is 7.48. The van der Waals surface area contributed by atoms with E-state index in [2.05, 4.69) is 0 Å². The number of rotatable bonds is 18. The largest absolute Gasteiger partial charge is 0.465 e. The molecule has 2 aromatic carbocycles. The van der Waals surface area contributed by atoms with E-state index in [9.17, 15) is 19.2 Å². The summed E-state index contributed by atoms with van der Waals surface area (Å²) in [5.41, 5.74) is 0.0950. The van der Waals surface area contributed by atoms with Crippen molar-refractivity contribution in [3.8, 4) is 0 Å². The monoisotopic (exact) mass is 656 g/mol. The number of ether oxygens (including phenoxy) is 5. The molecule has 0 saturated carbocycles. The molecule has 0 bridgehead atoms. The van der Waals surface area contributed by atoms with Crippen LogP contribution in [-0.2, 0) is 56.1 Å². The Hall–Kier alpha value is -3.72. The molecule has 0 aliphatic rings. The molecule has 9 nitrogen and oxygen atoms in total. The second-order valence-corrected chi connectivity index (χ2v) is 13.1. The van der Waals surface area contributed by atoms with Gasteiger partial charge in [-0.3, -0.25) is 19.2 Å². The smallest absolute Gasteiger partial charge is 0.321 e. The first kappa shape index (κ1) is 41.3. The van der Waals surface area contributed by atoms with Gasteiger partial charge in [0.15, 0.2) is 11.8 Å². The van der Waals surface area contributed by atoms with Crippen molar-refractivity contribution in [2.75, 3.05) is 13.2 Å². The van der Waals surface area contributed by atoms with Gasteiger partial charge in [0, 0.05) is 12.8 Å². The van der Waals surface area contributed by atoms with E-state index >= 15 is 0 Å². The lowest BCUT2D eigenvalue weighted by atomic mass is 9.95. The van der Waals surface area contributed by atoms with Crippen molar-refractivity contribution in [2.45, 2.75) is 106 Å². The maximum Gasteiger partial charge on any atom is 0.321 e. The molecule has 0 N–H and O–H groups in total. The van der Waals surface area contributed by atoms with E-state index in [0.29, 0.717) is 12.8 Å². The van der Waals surface area contributed by atoms with Gasteiger partial charge in [0.2, 0.25) is 0 Å². The second kappa shape index (κ2) is 20.5. The molecule has 0 fully saturated rings. The van der Waals surface area contributed by atoms with Crippen molar-refractivity contribution in [3.05, 3.63) is 71.8 Å². The molecule has 0 radical (unpaired) electrons. The van der Waals surface area contributed by atoms with Crippen LogP contribution < -0.4 is 0 Å². The van der Waals surface area contributed by atoms with E-state index in [1.54, 1.807) is 41.5 Å². The van der Waals surface area contributed by atoms with Crippen molar-refractivity contribution in [2.24, 2.45) is 23.7 Å². The van der Waals surface area contributed by atoms with Crippen LogP contribution in [0.1, 0.15) is 93.2 Å². The van der Waals surface area contributed by atoms with E-state index in [-0.39, 0.29) is 38.3 Å². The van der Waals surface area contributed by atoms with E-state index < -0.39 is 46.9 Å². The summed E-state index contributed by atoms with van der Waals surface area (Å²) in [7, 11) is 0. The minimum Gasteiger partial charge on any atom is -0.465 e. The van der Waals surface area contributed by atoms with E-state index in [0.717, 1.165) is 11.1 Å². The van der Waals surface area contributed by atoms with Gasteiger partial charge in [-0.05, 0) is 50.7 Å². The van der Waals surface area contributed by atoms with E-state index in [1.807, 2.05) is 88.4 Å². The molecule has 2 rings (SSSR count). The Morgan fingerprint density at radius 2 is 0.936 bits per heavy atom. The van der Waals surface area contributed by atoms with Crippen LogP contribution in [0.2, 0.25) is 0 Å². The molecule has 2 unspecified atom stereocenters. The molecule has 262 valence electrons. The molecule has 0 aromatic heterocycles. The lowest BCUT2D eigenvalue weighted by molar-refractivity contribution is -0.174. The third kappa shape index (κ3) is 15.6. The van der Waals surface area contributed by atoms with Gasteiger partial charge in [0.1, 0.15) is 18.8 Å². The number of carbonyl (C=O) groups is 4. The zero-order valence-corrected chi connectivity index (χ0v) is 30.0. The number of carbonyl (C=O) groups excluding carboxylic acids is 4. The molecule has 0 heterocycles. The molecule has 9 heteroatoms. The van der Waals surface area contributed by atoms with Crippen molar-refractivity contribution < 1.29 is 42.9 Å². The fourth-order valence-electron chi connectivity index (χ4n) is 4.44. The normalized spacial score (nSPS) is 12.8. The van der Waals surface area contributed by atoms with Gasteiger partial charge in [-0.25, -0.2) is 0 Å². The quantitative estimate of drug-likeness (QED) is 0.0915. The first-order chi connectivity index (χ1) is 22.1. The minimum atomic E-state index is -1.05. The van der Waals surface area contributed by atoms with Crippen LogP contribution in [0.4, 0.5) is 0 Å². The van der Waals surface area contributed by atoms with Gasteiger partial charge in [-0.2, -0.15) is 0 Å². The summed E-state index contributed by atoms with van der Waals surface area (Å²) in [5.74, 6) is -5.19. The van der Waals surface area contributed by atoms with Crippen LogP contribution in [0.15, 0.2) is 60.7 Å². The van der Waals surface area contributed by atoms with Crippen molar-refractivity contribution in [1.29, 1.82) is 0 Å². The Morgan fingerprint density at radius 3 is 1.36 bits per heavy atom.